The normalized spacial score (nSPS) is 20.2. The van der Waals surface area contributed by atoms with Crippen molar-refractivity contribution < 1.29 is 121 Å². The van der Waals surface area contributed by atoms with Gasteiger partial charge in [-0.05, 0) is 37.6 Å². The van der Waals surface area contributed by atoms with Gasteiger partial charge in [0.2, 0.25) is 35.3 Å². The Kier molecular flexibility index (Phi) is 26.3. The summed E-state index contributed by atoms with van der Waals surface area (Å²) in [5.41, 5.74) is -0.914. The van der Waals surface area contributed by atoms with Crippen molar-refractivity contribution in [3.05, 3.63) is 133 Å². The standard InChI is InChI=1S/C77H86N10O26S/c1-41(112-76(100)85-40-110-74-42(2)111-63(33-51(74)85)113-55-36-77(101,57(89)38-88)35-48-65(55)73(98)67-66(71(48)96)70(95)46-14-10-16-52(104-4)64(46)72(67)97)47-31-53(105-5)54(32-50(47)87(102)103)109-39-60(92)80-21-24-106-26-28-108-29-27-107-25-23-86-69-44-12-7-6-11-43(44)37-84(49-15-9-8-13-45(49)68(69)81-82-86)61(93)17-20-79-59(91)18-22-83-62(94)34-56(75(83)99)114-30-19-58(90)78-3/h6-16,31-32,41-42,51,55-56,63,74,88,96,98,101H,17-30,33-40H2,1-5H3,(H,78,90)(H,79,91)(H,80,92). The first-order valence-electron chi connectivity index (χ1n) is 36.9. The number of nitro benzene ring substituents is 1. The second-order valence-electron chi connectivity index (χ2n) is 27.5. The van der Waals surface area contributed by atoms with E-state index in [2.05, 4.69) is 26.3 Å². The third-order valence-corrected chi connectivity index (χ3v) is 21.7. The highest BCUT2D eigenvalue weighted by atomic mass is 32.2. The Morgan fingerprint density at radius 3 is 2.23 bits per heavy atom. The fourth-order valence-corrected chi connectivity index (χ4v) is 15.9. The predicted octanol–water partition coefficient (Wildman–Crippen LogP) is 4.06. The Labute approximate surface area is 656 Å². The molecule has 5 heterocycles. The molecule has 8 unspecified atom stereocenters. The van der Waals surface area contributed by atoms with Crippen LogP contribution in [-0.2, 0) is 86.2 Å². The van der Waals surface area contributed by atoms with E-state index in [1.807, 2.05) is 48.5 Å². The van der Waals surface area contributed by atoms with E-state index in [1.165, 1.54) is 69.1 Å². The van der Waals surface area contributed by atoms with Crippen LogP contribution in [0.5, 0.6) is 28.7 Å². The lowest BCUT2D eigenvalue weighted by Gasteiger charge is -2.42. The van der Waals surface area contributed by atoms with Crippen LogP contribution in [0.25, 0.3) is 22.5 Å². The molecule has 1 aromatic heterocycles. The number of carbonyl (C=O) groups excluding carboxylic acids is 10. The molecule has 0 radical (unpaired) electrons. The fourth-order valence-electron chi connectivity index (χ4n) is 14.8. The van der Waals surface area contributed by atoms with E-state index in [0.29, 0.717) is 29.2 Å². The summed E-state index contributed by atoms with van der Waals surface area (Å²) in [6.45, 7) is 2.66. The number of thioether (sulfide) groups is 1. The zero-order valence-corrected chi connectivity index (χ0v) is 63.7. The lowest BCUT2D eigenvalue weighted by Crippen LogP contribution is -2.52. The first-order chi connectivity index (χ1) is 54.9. The molecule has 7 amide bonds. The monoisotopic (exact) mass is 1600 g/mol. The number of aliphatic hydroxyl groups excluding tert-OH is 1. The van der Waals surface area contributed by atoms with E-state index in [4.69, 9.17) is 47.4 Å². The number of benzene rings is 5. The summed E-state index contributed by atoms with van der Waals surface area (Å²) in [4.78, 5) is 149. The van der Waals surface area contributed by atoms with Gasteiger partial charge in [0.15, 0.2) is 36.0 Å². The Balaban J connectivity index is 0.569. The highest BCUT2D eigenvalue weighted by Gasteiger charge is 2.53. The molecule has 606 valence electrons. The molecule has 5 aromatic carbocycles. The van der Waals surface area contributed by atoms with Crippen LogP contribution in [0.2, 0.25) is 0 Å². The van der Waals surface area contributed by atoms with Crippen molar-refractivity contribution in [2.45, 2.75) is 119 Å². The zero-order valence-electron chi connectivity index (χ0n) is 62.9. The number of hydrogen-bond acceptors (Lipinski definition) is 29. The van der Waals surface area contributed by atoms with Crippen molar-refractivity contribution in [1.82, 2.24) is 40.7 Å². The number of phenols is 2. The van der Waals surface area contributed by atoms with Gasteiger partial charge in [-0.25, -0.2) is 9.48 Å². The lowest BCUT2D eigenvalue weighted by molar-refractivity contribution is -0.386. The molecule has 2 aliphatic carbocycles. The van der Waals surface area contributed by atoms with Crippen molar-refractivity contribution >= 4 is 82.0 Å². The SMILES string of the molecule is CNC(=O)CCSC1CC(=O)N(CCC(=O)NCCC(=O)N2Cc3ccccc3-c3c(nnn3CCOCCOCCOCCNC(=O)COc3cc([N+](=O)[O-])c(C(C)OC(=O)N4COC5C(C)OC(OC6CC(O)(C(=O)CO)Cc7c(O)c8c(c(O)c76)C(=O)c6c(OC)cccc6C8=O)CC54)cc3OC)-c3ccccc32)C1=O. The van der Waals surface area contributed by atoms with Gasteiger partial charge in [0.1, 0.15) is 54.1 Å². The van der Waals surface area contributed by atoms with Gasteiger partial charge in [-0.1, -0.05) is 59.8 Å². The molecule has 0 bridgehead atoms. The number of imide groups is 1. The molecule has 4 aliphatic heterocycles. The van der Waals surface area contributed by atoms with E-state index in [0.717, 1.165) is 27.8 Å². The van der Waals surface area contributed by atoms with Crippen molar-refractivity contribution in [2.75, 3.05) is 111 Å². The Bertz CT molecular complexity index is 4730. The van der Waals surface area contributed by atoms with Crippen LogP contribution in [0.1, 0.15) is 119 Å². The minimum atomic E-state index is -2.43. The minimum Gasteiger partial charge on any atom is -0.507 e. The van der Waals surface area contributed by atoms with Crippen molar-refractivity contribution in [2.24, 2.45) is 0 Å². The molecule has 8 atom stereocenters. The summed E-state index contributed by atoms with van der Waals surface area (Å²) >= 11 is 1.24. The molecule has 12 rings (SSSR count). The number of methoxy groups -OCH3 is 2. The number of carbonyl (C=O) groups is 10. The van der Waals surface area contributed by atoms with E-state index in [1.54, 1.807) is 16.5 Å². The van der Waals surface area contributed by atoms with Crippen LogP contribution in [0.3, 0.4) is 0 Å². The summed E-state index contributed by atoms with van der Waals surface area (Å²) < 4.78 is 60.0. The second-order valence-corrected chi connectivity index (χ2v) is 28.8. The lowest BCUT2D eigenvalue weighted by atomic mass is 9.72. The Morgan fingerprint density at radius 2 is 1.49 bits per heavy atom. The number of para-hydroxylation sites is 1. The number of anilines is 1. The van der Waals surface area contributed by atoms with E-state index >= 15 is 0 Å². The number of rotatable bonds is 34. The van der Waals surface area contributed by atoms with Crippen molar-refractivity contribution in [3.8, 4) is 51.3 Å². The molecular formula is C77H86N10O26S. The molecule has 7 N–H and O–H groups in total. The number of aliphatic hydroxyl groups is 2. The highest BCUT2D eigenvalue weighted by Crippen LogP contribution is 2.53. The van der Waals surface area contributed by atoms with Gasteiger partial charge in [0.25, 0.3) is 11.6 Å². The van der Waals surface area contributed by atoms with Gasteiger partial charge in [-0.2, -0.15) is 0 Å². The summed E-state index contributed by atoms with van der Waals surface area (Å²) in [5, 5.41) is 74.7. The van der Waals surface area contributed by atoms with Crippen LogP contribution in [-0.4, -0.2) is 251 Å². The van der Waals surface area contributed by atoms with Gasteiger partial charge >= 0.3 is 6.09 Å². The average Bonchev–Trinajstić information content (AvgIpc) is 0.840. The van der Waals surface area contributed by atoms with Gasteiger partial charge in [-0.15, -0.1) is 16.9 Å². The third kappa shape index (κ3) is 17.5. The molecule has 3 fully saturated rings. The number of hydrogen-bond donors (Lipinski definition) is 7. The molecule has 37 heteroatoms. The minimum absolute atomic E-state index is 0.0000841. The van der Waals surface area contributed by atoms with Gasteiger partial charge in [0, 0.05) is 105 Å². The van der Waals surface area contributed by atoms with Crippen molar-refractivity contribution in [1.29, 1.82) is 0 Å². The number of phenolic OH excluding ortho intramolecular Hbond substituents is 2. The molecule has 114 heavy (non-hydrogen) atoms. The molecule has 0 spiro atoms. The first-order valence-corrected chi connectivity index (χ1v) is 37.9. The largest absolute Gasteiger partial charge is 0.507 e. The number of aromatic nitrogens is 3. The first kappa shape index (κ1) is 82.4. The molecule has 0 saturated carbocycles. The highest BCUT2D eigenvalue weighted by molar-refractivity contribution is 8.00. The van der Waals surface area contributed by atoms with Crippen LogP contribution in [0.15, 0.2) is 78.9 Å². The molecule has 3 saturated heterocycles. The predicted molar refractivity (Wildman–Crippen MR) is 399 cm³/mol. The number of fused-ring (bicyclic) bond motifs is 9. The Morgan fingerprint density at radius 1 is 0.789 bits per heavy atom. The number of ketones is 3. The number of nitro groups is 1. The topological polar surface area (TPSA) is 464 Å². The maximum absolute atomic E-state index is 14.2. The van der Waals surface area contributed by atoms with Crippen LogP contribution in [0, 0.1) is 10.1 Å². The summed E-state index contributed by atoms with van der Waals surface area (Å²) in [6, 6.07) is 20.6. The fraction of sp³-hybridized carbons (Fsp3) is 0.455. The number of likely N-dealkylation sites (tertiary alicyclic amines) is 1. The number of Topliss-reactive ketones (excluding diaryl/α,β-unsaturated/α-hetero) is 1. The molecule has 6 aromatic rings. The van der Waals surface area contributed by atoms with Crippen LogP contribution < -0.4 is 35.1 Å². The number of nitrogens with zero attached hydrogens (tertiary/aromatic N) is 7. The molecular weight excluding hydrogens is 1510 g/mol. The summed E-state index contributed by atoms with van der Waals surface area (Å²) in [5.74, 6) is -6.44. The van der Waals surface area contributed by atoms with Gasteiger partial charge in [-0.3, -0.25) is 63.1 Å². The number of ether oxygens (including phenoxy) is 10. The third-order valence-electron chi connectivity index (χ3n) is 20.5. The number of aromatic hydroxyl groups is 2. The Hall–Kier alpha value is -11.0. The average molecular weight is 1600 g/mol. The van der Waals surface area contributed by atoms with Crippen LogP contribution >= 0.6 is 11.8 Å². The van der Waals surface area contributed by atoms with Gasteiger partial charge in [0.05, 0.1) is 135 Å². The quantitative estimate of drug-likeness (QED) is 0.00982. The van der Waals surface area contributed by atoms with Crippen molar-refractivity contribution in [3.63, 3.8) is 0 Å². The smallest absolute Gasteiger partial charge is 0.412 e. The second kappa shape index (κ2) is 36.4. The number of amides is 7. The van der Waals surface area contributed by atoms with E-state index < -0.39 is 142 Å². The summed E-state index contributed by atoms with van der Waals surface area (Å²) in [6.07, 6.45) is -8.33. The zero-order chi connectivity index (χ0) is 81.2. The molecule has 6 aliphatic rings. The summed E-state index contributed by atoms with van der Waals surface area (Å²) in [7, 11) is 4.07. The van der Waals surface area contributed by atoms with Gasteiger partial charge < -0.3 is 88.6 Å². The maximum Gasteiger partial charge on any atom is 0.412 e. The maximum atomic E-state index is 14.2. The molecule has 36 nitrogen and oxygen atoms in total. The number of nitrogens with one attached hydrogen (secondary N) is 3. The van der Waals surface area contributed by atoms with Crippen LogP contribution in [0.4, 0.5) is 16.2 Å². The van der Waals surface area contributed by atoms with E-state index in [9.17, 15) is 78.5 Å². The van der Waals surface area contributed by atoms with E-state index in [-0.39, 0.29) is 173 Å².